The first-order chi connectivity index (χ1) is 13.2. The fourth-order valence-corrected chi connectivity index (χ4v) is 2.65. The third kappa shape index (κ3) is 8.22. The molecule has 0 saturated carbocycles. The zero-order valence-corrected chi connectivity index (χ0v) is 16.7. The Morgan fingerprint density at radius 2 is 1.96 bits per heavy atom. The number of ether oxygens (including phenoxy) is 1. The largest absolute Gasteiger partial charge is 0.374 e. The average molecular weight is 369 g/mol. The van der Waals surface area contributed by atoms with Crippen LogP contribution in [0.2, 0.25) is 0 Å². The van der Waals surface area contributed by atoms with Crippen molar-refractivity contribution in [2.75, 3.05) is 26.2 Å². The van der Waals surface area contributed by atoms with Gasteiger partial charge in [0, 0.05) is 38.1 Å². The highest BCUT2D eigenvalue weighted by Crippen LogP contribution is 2.15. The summed E-state index contributed by atoms with van der Waals surface area (Å²) in [6, 6.07) is 14.5. The van der Waals surface area contributed by atoms with Crippen LogP contribution in [-0.4, -0.2) is 37.2 Å². The summed E-state index contributed by atoms with van der Waals surface area (Å²) in [5, 5.41) is 6.67. The predicted molar refractivity (Wildman–Crippen MR) is 112 cm³/mol. The van der Waals surface area contributed by atoms with Crippen LogP contribution in [0.3, 0.4) is 0 Å². The summed E-state index contributed by atoms with van der Waals surface area (Å²) in [7, 11) is 0. The zero-order valence-electron chi connectivity index (χ0n) is 16.7. The van der Waals surface area contributed by atoms with Gasteiger partial charge in [0.25, 0.3) is 0 Å². The van der Waals surface area contributed by atoms with Gasteiger partial charge < -0.3 is 15.4 Å². The maximum atomic E-state index is 5.90. The number of benzene rings is 1. The molecule has 5 heteroatoms. The van der Waals surface area contributed by atoms with Crippen LogP contribution in [0.4, 0.5) is 0 Å². The molecule has 0 aliphatic heterocycles. The van der Waals surface area contributed by atoms with Gasteiger partial charge in [-0.25, -0.2) is 0 Å². The van der Waals surface area contributed by atoms with Crippen LogP contribution in [0, 0.1) is 6.92 Å². The second kappa shape index (κ2) is 12.1. The normalized spacial score (nSPS) is 12.6. The molecule has 0 spiro atoms. The minimum absolute atomic E-state index is 0.115. The van der Waals surface area contributed by atoms with E-state index in [0.717, 1.165) is 44.1 Å². The molecule has 0 saturated heterocycles. The van der Waals surface area contributed by atoms with E-state index in [1.807, 2.05) is 37.4 Å². The van der Waals surface area contributed by atoms with Crippen molar-refractivity contribution in [1.29, 1.82) is 0 Å². The second-order valence-electron chi connectivity index (χ2n) is 6.52. The third-order valence-corrected chi connectivity index (χ3v) is 4.23. The summed E-state index contributed by atoms with van der Waals surface area (Å²) < 4.78 is 5.90. The Morgan fingerprint density at radius 1 is 1.15 bits per heavy atom. The molecule has 1 atom stereocenters. The lowest BCUT2D eigenvalue weighted by Gasteiger charge is -2.13. The van der Waals surface area contributed by atoms with E-state index in [1.165, 1.54) is 11.1 Å². The number of rotatable bonds is 10. The van der Waals surface area contributed by atoms with E-state index < -0.39 is 0 Å². The maximum absolute atomic E-state index is 5.90. The molecule has 0 aliphatic carbocycles. The van der Waals surface area contributed by atoms with E-state index in [4.69, 9.17) is 4.74 Å². The Kier molecular flexibility index (Phi) is 9.35. The summed E-state index contributed by atoms with van der Waals surface area (Å²) >= 11 is 0. The molecule has 146 valence electrons. The van der Waals surface area contributed by atoms with Crippen molar-refractivity contribution in [3.8, 4) is 0 Å². The molecule has 2 rings (SSSR count). The fraction of sp³-hybridized carbons (Fsp3) is 0.455. The summed E-state index contributed by atoms with van der Waals surface area (Å²) in [6.45, 7) is 9.28. The Morgan fingerprint density at radius 3 is 2.67 bits per heavy atom. The topological polar surface area (TPSA) is 58.5 Å². The van der Waals surface area contributed by atoms with Crippen LogP contribution in [-0.2, 0) is 11.2 Å². The number of hydrogen-bond acceptors (Lipinski definition) is 3. The molecule has 0 fully saturated rings. The predicted octanol–water partition coefficient (Wildman–Crippen LogP) is 3.66. The van der Waals surface area contributed by atoms with Crippen molar-refractivity contribution in [3.63, 3.8) is 0 Å². The van der Waals surface area contributed by atoms with Crippen molar-refractivity contribution in [2.45, 2.75) is 39.7 Å². The van der Waals surface area contributed by atoms with Crippen molar-refractivity contribution in [1.82, 2.24) is 15.6 Å². The van der Waals surface area contributed by atoms with Crippen molar-refractivity contribution >= 4 is 5.96 Å². The van der Waals surface area contributed by atoms with Gasteiger partial charge in [-0.3, -0.25) is 9.98 Å². The highest BCUT2D eigenvalue weighted by Gasteiger charge is 2.04. The molecule has 5 nitrogen and oxygen atoms in total. The van der Waals surface area contributed by atoms with Gasteiger partial charge in [-0.05, 0) is 50.8 Å². The van der Waals surface area contributed by atoms with Gasteiger partial charge in [0.05, 0.1) is 6.10 Å². The molecule has 1 aromatic heterocycles. The number of nitrogens with one attached hydrogen (secondary N) is 2. The monoisotopic (exact) mass is 368 g/mol. The van der Waals surface area contributed by atoms with Crippen LogP contribution >= 0.6 is 0 Å². The summed E-state index contributed by atoms with van der Waals surface area (Å²) in [6.07, 6.45) is 3.88. The van der Waals surface area contributed by atoms with E-state index in [1.54, 1.807) is 0 Å². The van der Waals surface area contributed by atoms with Crippen LogP contribution in [0.25, 0.3) is 0 Å². The molecule has 0 radical (unpaired) electrons. The minimum atomic E-state index is 0.115. The molecule has 2 aromatic rings. The zero-order chi connectivity index (χ0) is 19.3. The highest BCUT2D eigenvalue weighted by atomic mass is 16.5. The van der Waals surface area contributed by atoms with E-state index in [-0.39, 0.29) is 6.10 Å². The molecule has 0 bridgehead atoms. The lowest BCUT2D eigenvalue weighted by Crippen LogP contribution is -2.38. The summed E-state index contributed by atoms with van der Waals surface area (Å²) in [5.74, 6) is 0.855. The molecule has 0 aliphatic rings. The van der Waals surface area contributed by atoms with E-state index >= 15 is 0 Å². The number of nitrogens with zero attached hydrogens (tertiary/aromatic N) is 2. The minimum Gasteiger partial charge on any atom is -0.374 e. The van der Waals surface area contributed by atoms with Crippen molar-refractivity contribution < 1.29 is 4.74 Å². The first-order valence-electron chi connectivity index (χ1n) is 9.79. The third-order valence-electron chi connectivity index (χ3n) is 4.23. The first-order valence-corrected chi connectivity index (χ1v) is 9.79. The number of aryl methyl sites for hydroxylation is 1. The quantitative estimate of drug-likeness (QED) is 0.382. The molecular formula is C22H32N4O. The van der Waals surface area contributed by atoms with Crippen molar-refractivity contribution in [3.05, 3.63) is 65.5 Å². The molecule has 27 heavy (non-hydrogen) atoms. The van der Waals surface area contributed by atoms with Gasteiger partial charge in [-0.15, -0.1) is 0 Å². The highest BCUT2D eigenvalue weighted by molar-refractivity contribution is 5.79. The van der Waals surface area contributed by atoms with Gasteiger partial charge in [0.1, 0.15) is 0 Å². The number of pyridine rings is 1. The smallest absolute Gasteiger partial charge is 0.191 e. The molecule has 1 unspecified atom stereocenters. The first kappa shape index (κ1) is 20.9. The average Bonchev–Trinajstić information content (AvgIpc) is 2.69. The Bertz CT molecular complexity index is 670. The van der Waals surface area contributed by atoms with Gasteiger partial charge in [0.2, 0.25) is 0 Å². The van der Waals surface area contributed by atoms with Gasteiger partial charge >= 0.3 is 0 Å². The Hall–Kier alpha value is -2.40. The van der Waals surface area contributed by atoms with Crippen LogP contribution in [0.5, 0.6) is 0 Å². The molecular weight excluding hydrogens is 336 g/mol. The lowest BCUT2D eigenvalue weighted by atomic mass is 10.1. The number of aliphatic imine (C=N–C) groups is 1. The van der Waals surface area contributed by atoms with E-state index in [2.05, 4.69) is 52.7 Å². The van der Waals surface area contributed by atoms with Gasteiger partial charge in [-0.1, -0.05) is 36.4 Å². The van der Waals surface area contributed by atoms with Crippen LogP contribution in [0.1, 0.15) is 43.2 Å². The summed E-state index contributed by atoms with van der Waals surface area (Å²) in [5.41, 5.74) is 3.49. The van der Waals surface area contributed by atoms with E-state index in [0.29, 0.717) is 6.61 Å². The fourth-order valence-electron chi connectivity index (χ4n) is 2.65. The number of guanidine groups is 1. The SMILES string of the molecule is CCNC(=NCCCOC(C)c1ccccc1)NCCc1ccc(C)nc1. The maximum Gasteiger partial charge on any atom is 0.191 e. The van der Waals surface area contributed by atoms with E-state index in [9.17, 15) is 0 Å². The van der Waals surface area contributed by atoms with Crippen molar-refractivity contribution in [2.24, 2.45) is 4.99 Å². The standard InChI is InChI=1S/C22H32N4O/c1-4-23-22(25-15-13-20-12-11-18(2)26-17-20)24-14-8-16-27-19(3)21-9-6-5-7-10-21/h5-7,9-12,17,19H,4,8,13-16H2,1-3H3,(H2,23,24,25). The van der Waals surface area contributed by atoms with Gasteiger partial charge in [0.15, 0.2) is 5.96 Å². The number of aromatic nitrogens is 1. The molecule has 1 heterocycles. The van der Waals surface area contributed by atoms with Crippen LogP contribution < -0.4 is 10.6 Å². The molecule has 1 aromatic carbocycles. The molecule has 0 amide bonds. The Balaban J connectivity index is 1.67. The van der Waals surface area contributed by atoms with Crippen LogP contribution in [0.15, 0.2) is 53.7 Å². The molecule has 2 N–H and O–H groups in total. The summed E-state index contributed by atoms with van der Waals surface area (Å²) in [4.78, 5) is 8.96. The van der Waals surface area contributed by atoms with Gasteiger partial charge in [-0.2, -0.15) is 0 Å². The number of hydrogen-bond donors (Lipinski definition) is 2. The second-order valence-corrected chi connectivity index (χ2v) is 6.52. The lowest BCUT2D eigenvalue weighted by molar-refractivity contribution is 0.0652. The Labute approximate surface area is 163 Å².